The van der Waals surface area contributed by atoms with Gasteiger partial charge in [0, 0.05) is 30.1 Å². The third kappa shape index (κ3) is 4.91. The number of rotatable bonds is 5. The zero-order valence-electron chi connectivity index (χ0n) is 17.6. The zero-order valence-corrected chi connectivity index (χ0v) is 20.1. The maximum atomic E-state index is 11.6. The van der Waals surface area contributed by atoms with Crippen molar-refractivity contribution in [2.75, 3.05) is 13.2 Å². The summed E-state index contributed by atoms with van der Waals surface area (Å²) < 4.78 is 31.4. The minimum atomic E-state index is -3.61. The number of aromatic nitrogens is 2. The van der Waals surface area contributed by atoms with E-state index in [4.69, 9.17) is 14.9 Å². The Labute approximate surface area is 187 Å². The number of sulfonamides is 1. The Bertz CT molecular complexity index is 1060. The second-order valence-corrected chi connectivity index (χ2v) is 13.6. The van der Waals surface area contributed by atoms with Gasteiger partial charge in [-0.1, -0.05) is 38.6 Å². The van der Waals surface area contributed by atoms with Crippen molar-refractivity contribution < 1.29 is 13.2 Å². The summed E-state index contributed by atoms with van der Waals surface area (Å²) in [6.07, 6.45) is 4.59. The van der Waals surface area contributed by atoms with E-state index in [1.54, 1.807) is 17.8 Å². The molecule has 0 spiro atoms. The highest BCUT2D eigenvalue weighted by Crippen LogP contribution is 2.44. The molecule has 9 heteroatoms. The van der Waals surface area contributed by atoms with Crippen LogP contribution in [0.4, 0.5) is 0 Å². The van der Waals surface area contributed by atoms with E-state index >= 15 is 0 Å². The molecule has 2 N–H and O–H groups in total. The van der Waals surface area contributed by atoms with E-state index in [2.05, 4.69) is 43.5 Å². The van der Waals surface area contributed by atoms with Crippen molar-refractivity contribution in [2.45, 2.75) is 61.5 Å². The van der Waals surface area contributed by atoms with Gasteiger partial charge in [-0.3, -0.25) is 0 Å². The molecule has 2 aliphatic heterocycles. The van der Waals surface area contributed by atoms with Gasteiger partial charge in [0.2, 0.25) is 10.0 Å². The number of hydrogen-bond donors (Lipinski definition) is 1. The molecule has 1 aromatic carbocycles. The Morgan fingerprint density at radius 2 is 2.03 bits per heavy atom. The third-order valence-electron chi connectivity index (χ3n) is 5.44. The van der Waals surface area contributed by atoms with E-state index in [-0.39, 0.29) is 14.2 Å². The molecule has 3 heterocycles. The molecule has 6 nitrogen and oxygen atoms in total. The quantitative estimate of drug-likeness (QED) is 0.699. The fourth-order valence-electron chi connectivity index (χ4n) is 3.95. The predicted octanol–water partition coefficient (Wildman–Crippen LogP) is 4.45. The molecule has 2 aliphatic rings. The SMILES string of the molecule is CC(C)(C)c1nc2cc(SC3CC=C(S(N)(=O)=O)S3)ccc2n1CC1CCOCC1. The molecule has 30 heavy (non-hydrogen) atoms. The van der Waals surface area contributed by atoms with Crippen LogP contribution in [0.1, 0.15) is 45.9 Å². The van der Waals surface area contributed by atoms with Crippen molar-refractivity contribution in [1.82, 2.24) is 9.55 Å². The fourth-order valence-corrected chi connectivity index (χ4v) is 7.65. The van der Waals surface area contributed by atoms with Gasteiger partial charge in [-0.25, -0.2) is 18.5 Å². The lowest BCUT2D eigenvalue weighted by atomic mass is 9.94. The molecule has 1 aromatic heterocycles. The van der Waals surface area contributed by atoms with Gasteiger partial charge < -0.3 is 9.30 Å². The van der Waals surface area contributed by atoms with Crippen LogP contribution < -0.4 is 5.14 Å². The van der Waals surface area contributed by atoms with Crippen LogP contribution in [-0.4, -0.2) is 35.8 Å². The summed E-state index contributed by atoms with van der Waals surface area (Å²) in [5.41, 5.74) is 2.12. The number of imidazole rings is 1. The van der Waals surface area contributed by atoms with Gasteiger partial charge in [0.05, 0.1) is 15.6 Å². The maximum Gasteiger partial charge on any atom is 0.243 e. The number of allylic oxidation sites excluding steroid dienone is 1. The maximum absolute atomic E-state index is 11.6. The normalized spacial score (nSPS) is 21.3. The average Bonchev–Trinajstić information content (AvgIpc) is 3.27. The lowest BCUT2D eigenvalue weighted by Gasteiger charge is -2.26. The van der Waals surface area contributed by atoms with Crippen LogP contribution in [0.25, 0.3) is 11.0 Å². The van der Waals surface area contributed by atoms with Crippen LogP contribution in [0.5, 0.6) is 0 Å². The van der Waals surface area contributed by atoms with Gasteiger partial charge in [0.1, 0.15) is 10.1 Å². The largest absolute Gasteiger partial charge is 0.381 e. The number of fused-ring (bicyclic) bond motifs is 1. The Kier molecular flexibility index (Phi) is 6.29. The first kappa shape index (κ1) is 22.2. The standard InChI is InChI=1S/C21H29N3O3S3/c1-21(2,3)20-23-16-12-15(28-18-6-7-19(29-18)30(22,25)26)4-5-17(16)24(20)13-14-8-10-27-11-9-14/h4-5,7,12,14,18H,6,8-11,13H2,1-3H3,(H2,22,25,26). The van der Waals surface area contributed by atoms with E-state index in [1.165, 1.54) is 11.8 Å². The number of hydrogen-bond acceptors (Lipinski definition) is 6. The molecular formula is C21H29N3O3S3. The summed E-state index contributed by atoms with van der Waals surface area (Å²) in [5, 5.41) is 5.26. The average molecular weight is 468 g/mol. The molecule has 0 bridgehead atoms. The zero-order chi connectivity index (χ0) is 21.5. The molecule has 2 aromatic rings. The van der Waals surface area contributed by atoms with Gasteiger partial charge in [-0.15, -0.1) is 11.8 Å². The van der Waals surface area contributed by atoms with E-state index in [9.17, 15) is 8.42 Å². The van der Waals surface area contributed by atoms with Crippen LogP contribution in [-0.2, 0) is 26.7 Å². The molecule has 1 saturated heterocycles. The Balaban J connectivity index is 1.58. The lowest BCUT2D eigenvalue weighted by molar-refractivity contribution is 0.0611. The number of ether oxygens (including phenoxy) is 1. The summed E-state index contributed by atoms with van der Waals surface area (Å²) in [7, 11) is -3.61. The summed E-state index contributed by atoms with van der Waals surface area (Å²) in [5.74, 6) is 1.73. The van der Waals surface area contributed by atoms with E-state index < -0.39 is 10.0 Å². The smallest absolute Gasteiger partial charge is 0.243 e. The fraction of sp³-hybridized carbons (Fsp3) is 0.571. The van der Waals surface area contributed by atoms with Gasteiger partial charge in [0.15, 0.2) is 0 Å². The van der Waals surface area contributed by atoms with Crippen LogP contribution >= 0.6 is 23.5 Å². The highest BCUT2D eigenvalue weighted by atomic mass is 32.3. The monoisotopic (exact) mass is 467 g/mol. The van der Waals surface area contributed by atoms with Gasteiger partial charge >= 0.3 is 0 Å². The minimum Gasteiger partial charge on any atom is -0.381 e. The van der Waals surface area contributed by atoms with Crippen molar-refractivity contribution in [3.63, 3.8) is 0 Å². The van der Waals surface area contributed by atoms with Crippen LogP contribution in [0, 0.1) is 5.92 Å². The lowest BCUT2D eigenvalue weighted by Crippen LogP contribution is -2.25. The van der Waals surface area contributed by atoms with E-state index in [1.807, 2.05) is 0 Å². The molecule has 1 unspecified atom stereocenters. The summed E-state index contributed by atoms with van der Waals surface area (Å²) in [6.45, 7) is 9.28. The van der Waals surface area contributed by atoms with Crippen LogP contribution in [0.3, 0.4) is 0 Å². The first-order chi connectivity index (χ1) is 14.1. The number of benzene rings is 1. The molecule has 0 saturated carbocycles. The van der Waals surface area contributed by atoms with E-state index in [0.29, 0.717) is 12.3 Å². The molecule has 1 atom stereocenters. The van der Waals surface area contributed by atoms with E-state index in [0.717, 1.165) is 54.4 Å². The van der Waals surface area contributed by atoms with Crippen LogP contribution in [0.2, 0.25) is 0 Å². The topological polar surface area (TPSA) is 87.2 Å². The first-order valence-corrected chi connectivity index (χ1v) is 13.6. The van der Waals surface area contributed by atoms with Crippen molar-refractivity contribution in [3.05, 3.63) is 34.3 Å². The number of nitrogens with zero attached hydrogens (tertiary/aromatic N) is 2. The van der Waals surface area contributed by atoms with Gasteiger partial charge in [-0.05, 0) is 43.4 Å². The Morgan fingerprint density at radius 3 is 2.67 bits per heavy atom. The molecule has 4 rings (SSSR count). The van der Waals surface area contributed by atoms with Crippen molar-refractivity contribution >= 4 is 44.6 Å². The molecule has 0 aliphatic carbocycles. The van der Waals surface area contributed by atoms with Crippen molar-refractivity contribution in [2.24, 2.45) is 11.1 Å². The molecule has 0 radical (unpaired) electrons. The molecule has 1 fully saturated rings. The number of primary sulfonamides is 1. The van der Waals surface area contributed by atoms with Crippen molar-refractivity contribution in [1.29, 1.82) is 0 Å². The van der Waals surface area contributed by atoms with Gasteiger partial charge in [0.25, 0.3) is 0 Å². The highest BCUT2D eigenvalue weighted by Gasteiger charge is 2.27. The van der Waals surface area contributed by atoms with Crippen molar-refractivity contribution in [3.8, 4) is 0 Å². The Hall–Kier alpha value is -1.00. The summed E-state index contributed by atoms with van der Waals surface area (Å²) >= 11 is 3.00. The van der Waals surface area contributed by atoms with Gasteiger partial charge in [-0.2, -0.15) is 0 Å². The third-order valence-corrected chi connectivity index (χ3v) is 9.57. The molecule has 164 valence electrons. The second-order valence-electron chi connectivity index (χ2n) is 8.97. The Morgan fingerprint density at radius 1 is 1.30 bits per heavy atom. The first-order valence-electron chi connectivity index (χ1n) is 10.3. The van der Waals surface area contributed by atoms with Crippen LogP contribution in [0.15, 0.2) is 33.4 Å². The summed E-state index contributed by atoms with van der Waals surface area (Å²) in [6, 6.07) is 6.41. The molecular weight excluding hydrogens is 438 g/mol. The highest BCUT2D eigenvalue weighted by molar-refractivity contribution is 8.25. The predicted molar refractivity (Wildman–Crippen MR) is 125 cm³/mol. The number of nitrogens with two attached hydrogens (primary N) is 1. The number of thioether (sulfide) groups is 2. The second kappa shape index (κ2) is 8.50. The molecule has 0 amide bonds. The summed E-state index contributed by atoms with van der Waals surface area (Å²) in [4.78, 5) is 6.12. The minimum absolute atomic E-state index is 0.0485.